The maximum absolute atomic E-state index is 11.8. The average molecular weight is 226 g/mol. The summed E-state index contributed by atoms with van der Waals surface area (Å²) in [6.07, 6.45) is 0. The Labute approximate surface area is 89.6 Å². The van der Waals surface area contributed by atoms with Gasteiger partial charge in [0.2, 0.25) is 5.30 Å². The van der Waals surface area contributed by atoms with Crippen LogP contribution in [0.3, 0.4) is 0 Å². The summed E-state index contributed by atoms with van der Waals surface area (Å²) in [5, 5.41) is 2.42. The zero-order valence-corrected chi connectivity index (χ0v) is 9.23. The second-order valence-electron chi connectivity index (χ2n) is 3.22. The van der Waals surface area contributed by atoms with Crippen molar-refractivity contribution < 1.29 is 13.9 Å². The largest absolute Gasteiger partial charge is 0.567 e. The number of hydrogen-bond acceptors (Lipinski definition) is 4. The number of rotatable bonds is 3. The van der Waals surface area contributed by atoms with E-state index in [2.05, 4.69) is 0 Å². The van der Waals surface area contributed by atoms with Crippen molar-refractivity contribution in [2.45, 2.75) is 0 Å². The van der Waals surface area contributed by atoms with Gasteiger partial charge in [0.15, 0.2) is 0 Å². The van der Waals surface area contributed by atoms with Crippen LogP contribution in [0.2, 0.25) is 0 Å². The molecule has 0 saturated carbocycles. The van der Waals surface area contributed by atoms with Gasteiger partial charge >= 0.3 is 8.03 Å². The molecular formula is C10H13NO3P+. The first-order valence-corrected chi connectivity index (χ1v) is 6.07. The fourth-order valence-electron chi connectivity index (χ4n) is 1.33. The first kappa shape index (κ1) is 10.7. The zero-order chi connectivity index (χ0) is 10.5. The molecule has 0 bridgehead atoms. The Balaban J connectivity index is 1.91. The van der Waals surface area contributed by atoms with Crippen LogP contribution >= 0.6 is 8.03 Å². The minimum absolute atomic E-state index is 0.637. The van der Waals surface area contributed by atoms with Gasteiger partial charge in [-0.2, -0.15) is 0 Å². The van der Waals surface area contributed by atoms with E-state index in [1.165, 1.54) is 0 Å². The molecule has 1 heterocycles. The molecule has 4 nitrogen and oxygen atoms in total. The van der Waals surface area contributed by atoms with Crippen LogP contribution in [-0.4, -0.2) is 31.4 Å². The van der Waals surface area contributed by atoms with Crippen LogP contribution < -0.4 is 5.30 Å². The summed E-state index contributed by atoms with van der Waals surface area (Å²) < 4.78 is 22.3. The first-order valence-electron chi connectivity index (χ1n) is 4.89. The van der Waals surface area contributed by atoms with Crippen LogP contribution in [0.5, 0.6) is 0 Å². The molecule has 0 aromatic heterocycles. The number of morpholine rings is 1. The summed E-state index contributed by atoms with van der Waals surface area (Å²) >= 11 is 0. The Kier molecular flexibility index (Phi) is 3.80. The smallest absolute Gasteiger partial charge is 0.379 e. The van der Waals surface area contributed by atoms with Gasteiger partial charge in [0, 0.05) is 0 Å². The Morgan fingerprint density at radius 3 is 2.53 bits per heavy atom. The normalized spacial score (nSPS) is 18.8. The number of ether oxygens (including phenoxy) is 1. The van der Waals surface area contributed by atoms with Gasteiger partial charge in [0.1, 0.15) is 0 Å². The Bertz CT molecular complexity index is 325. The summed E-state index contributed by atoms with van der Waals surface area (Å²) in [6, 6.07) is 9.20. The maximum atomic E-state index is 11.8. The molecule has 0 radical (unpaired) electrons. The third-order valence-corrected chi connectivity index (χ3v) is 3.23. The Morgan fingerprint density at radius 2 is 1.87 bits per heavy atom. The molecule has 1 saturated heterocycles. The van der Waals surface area contributed by atoms with Gasteiger partial charge in [0.25, 0.3) is 0 Å². The van der Waals surface area contributed by atoms with Crippen LogP contribution in [0.1, 0.15) is 0 Å². The van der Waals surface area contributed by atoms with Gasteiger partial charge in [-0.15, -0.1) is 5.06 Å². The summed E-state index contributed by atoms with van der Waals surface area (Å²) in [6.45, 7) is 2.62. The summed E-state index contributed by atoms with van der Waals surface area (Å²) in [4.78, 5) is 0. The molecule has 1 aromatic carbocycles. The topological polar surface area (TPSA) is 38.8 Å². The Morgan fingerprint density at radius 1 is 1.20 bits per heavy atom. The molecule has 5 heteroatoms. The maximum Gasteiger partial charge on any atom is 0.567 e. The second-order valence-corrected chi connectivity index (χ2v) is 4.41. The third kappa shape index (κ3) is 3.08. The van der Waals surface area contributed by atoms with Crippen LogP contribution in [-0.2, 0) is 13.9 Å². The van der Waals surface area contributed by atoms with Gasteiger partial charge in [-0.1, -0.05) is 18.2 Å². The zero-order valence-electron chi connectivity index (χ0n) is 8.33. The predicted octanol–water partition coefficient (Wildman–Crippen LogP) is 1.32. The van der Waals surface area contributed by atoms with Crippen molar-refractivity contribution in [2.24, 2.45) is 0 Å². The fraction of sp³-hybridized carbons (Fsp3) is 0.400. The summed E-state index contributed by atoms with van der Waals surface area (Å²) in [7, 11) is -1.78. The van der Waals surface area contributed by atoms with Crippen LogP contribution in [0, 0.1) is 0 Å². The van der Waals surface area contributed by atoms with E-state index in [9.17, 15) is 4.57 Å². The van der Waals surface area contributed by atoms with E-state index in [1.807, 2.05) is 18.2 Å². The van der Waals surface area contributed by atoms with Crippen molar-refractivity contribution >= 4 is 13.3 Å². The van der Waals surface area contributed by atoms with Crippen LogP contribution in [0.15, 0.2) is 30.3 Å². The molecular weight excluding hydrogens is 213 g/mol. The Hall–Kier alpha value is -0.800. The molecule has 2 rings (SSSR count). The molecule has 1 aromatic rings. The SMILES string of the molecule is O=[P+](ON1CCOCC1)c1ccccc1. The average Bonchev–Trinajstić information content (AvgIpc) is 2.31. The second kappa shape index (κ2) is 5.33. The standard InChI is InChI=1S/C10H13NO3P/c12-15(10-4-2-1-3-5-10)14-11-6-8-13-9-7-11/h1-5H,6-9H2/q+1. The van der Waals surface area contributed by atoms with Crippen molar-refractivity contribution in [1.82, 2.24) is 5.06 Å². The van der Waals surface area contributed by atoms with E-state index >= 15 is 0 Å². The highest BCUT2D eigenvalue weighted by molar-refractivity contribution is 7.48. The highest BCUT2D eigenvalue weighted by atomic mass is 31.1. The van der Waals surface area contributed by atoms with Crippen molar-refractivity contribution in [3.63, 3.8) is 0 Å². The number of benzene rings is 1. The van der Waals surface area contributed by atoms with Crippen molar-refractivity contribution in [3.8, 4) is 0 Å². The highest BCUT2D eigenvalue weighted by Crippen LogP contribution is 2.23. The highest BCUT2D eigenvalue weighted by Gasteiger charge is 2.27. The third-order valence-electron chi connectivity index (χ3n) is 2.13. The van der Waals surface area contributed by atoms with E-state index in [0.717, 1.165) is 5.30 Å². The first-order chi connectivity index (χ1) is 7.36. The molecule has 0 N–H and O–H groups in total. The van der Waals surface area contributed by atoms with E-state index in [-0.39, 0.29) is 0 Å². The molecule has 1 aliphatic rings. The van der Waals surface area contributed by atoms with Crippen LogP contribution in [0.25, 0.3) is 0 Å². The minimum Gasteiger partial charge on any atom is -0.379 e. The van der Waals surface area contributed by atoms with Gasteiger partial charge in [-0.3, -0.25) is 0 Å². The van der Waals surface area contributed by atoms with E-state index in [4.69, 9.17) is 9.36 Å². The predicted molar refractivity (Wildman–Crippen MR) is 57.2 cm³/mol. The summed E-state index contributed by atoms with van der Waals surface area (Å²) in [5.74, 6) is 0. The summed E-state index contributed by atoms with van der Waals surface area (Å²) in [5.41, 5.74) is 0. The van der Waals surface area contributed by atoms with Crippen LogP contribution in [0.4, 0.5) is 0 Å². The minimum atomic E-state index is -1.78. The molecule has 0 amide bonds. The van der Waals surface area contributed by atoms with Gasteiger partial charge < -0.3 is 4.74 Å². The molecule has 0 spiro atoms. The fourth-order valence-corrected chi connectivity index (χ4v) is 2.21. The number of nitrogens with zero attached hydrogens (tertiary/aromatic N) is 1. The number of hydrogen-bond donors (Lipinski definition) is 0. The lowest BCUT2D eigenvalue weighted by Gasteiger charge is -2.19. The van der Waals surface area contributed by atoms with Gasteiger partial charge in [-0.05, 0) is 21.3 Å². The molecule has 1 unspecified atom stereocenters. The lowest BCUT2D eigenvalue weighted by Crippen LogP contribution is -2.35. The molecule has 1 aliphatic heterocycles. The number of hydroxylamine groups is 2. The quantitative estimate of drug-likeness (QED) is 0.728. The molecule has 80 valence electrons. The van der Waals surface area contributed by atoms with E-state index in [0.29, 0.717) is 26.3 Å². The van der Waals surface area contributed by atoms with E-state index in [1.54, 1.807) is 17.2 Å². The molecule has 1 atom stereocenters. The van der Waals surface area contributed by atoms with Gasteiger partial charge in [0.05, 0.1) is 26.3 Å². The molecule has 0 aliphatic carbocycles. The lowest BCUT2D eigenvalue weighted by molar-refractivity contribution is -0.112. The van der Waals surface area contributed by atoms with Crippen molar-refractivity contribution in [1.29, 1.82) is 0 Å². The molecule has 15 heavy (non-hydrogen) atoms. The lowest BCUT2D eigenvalue weighted by atomic mass is 10.4. The van der Waals surface area contributed by atoms with Gasteiger partial charge in [-0.25, -0.2) is 0 Å². The monoisotopic (exact) mass is 226 g/mol. The molecule has 1 fully saturated rings. The van der Waals surface area contributed by atoms with Crippen molar-refractivity contribution in [3.05, 3.63) is 30.3 Å². The van der Waals surface area contributed by atoms with Crippen molar-refractivity contribution in [2.75, 3.05) is 26.3 Å². The van der Waals surface area contributed by atoms with E-state index < -0.39 is 8.03 Å².